The zero-order valence-corrected chi connectivity index (χ0v) is 19.2. The zero-order chi connectivity index (χ0) is 25.4. The summed E-state index contributed by atoms with van der Waals surface area (Å²) in [4.78, 5) is 34.5. The molecule has 0 saturated carbocycles. The Hall–Kier alpha value is -3.60. The molecule has 8 nitrogen and oxygen atoms in total. The van der Waals surface area contributed by atoms with Crippen LogP contribution in [0.25, 0.3) is 11.1 Å². The predicted octanol–water partition coefficient (Wildman–Crippen LogP) is 4.24. The predicted molar refractivity (Wildman–Crippen MR) is 128 cm³/mol. The summed E-state index contributed by atoms with van der Waals surface area (Å²) in [5.41, 5.74) is 5.91. The maximum Gasteiger partial charge on any atom is 0.573 e. The van der Waals surface area contributed by atoms with Crippen molar-refractivity contribution >= 4 is 41.8 Å². The van der Waals surface area contributed by atoms with E-state index in [9.17, 15) is 22.8 Å². The van der Waals surface area contributed by atoms with Crippen molar-refractivity contribution in [2.75, 3.05) is 18.4 Å². The quantitative estimate of drug-likeness (QED) is 0.429. The van der Waals surface area contributed by atoms with Crippen molar-refractivity contribution < 1.29 is 27.5 Å². The minimum Gasteiger partial charge on any atom is -0.405 e. The average molecular weight is 510 g/mol. The molecule has 2 aromatic rings. The van der Waals surface area contributed by atoms with Crippen molar-refractivity contribution in [3.8, 4) is 16.9 Å². The first kappa shape index (κ1) is 26.0. The van der Waals surface area contributed by atoms with Crippen molar-refractivity contribution in [1.29, 1.82) is 0 Å². The number of halogens is 4. The molecule has 0 unspecified atom stereocenters. The second-order valence-electron chi connectivity index (χ2n) is 7.58. The van der Waals surface area contributed by atoms with Gasteiger partial charge in [0.25, 0.3) is 0 Å². The van der Waals surface area contributed by atoms with Crippen molar-refractivity contribution in [2.24, 2.45) is 15.7 Å². The summed E-state index contributed by atoms with van der Waals surface area (Å²) in [5, 5.41) is 2.86. The van der Waals surface area contributed by atoms with Crippen LogP contribution < -0.4 is 15.8 Å². The van der Waals surface area contributed by atoms with Gasteiger partial charge in [-0.3, -0.25) is 14.6 Å². The Kier molecular flexibility index (Phi) is 8.69. The highest BCUT2D eigenvalue weighted by molar-refractivity contribution is 6.33. The second kappa shape index (κ2) is 11.7. The minimum absolute atomic E-state index is 0.118. The number of benzene rings is 2. The maximum atomic E-state index is 13.0. The van der Waals surface area contributed by atoms with Gasteiger partial charge >= 0.3 is 6.36 Å². The number of rotatable bonds is 7. The van der Waals surface area contributed by atoms with Crippen LogP contribution in [0, 0.1) is 0 Å². The van der Waals surface area contributed by atoms with E-state index in [1.165, 1.54) is 47.6 Å². The van der Waals surface area contributed by atoms with Gasteiger partial charge in [-0.25, -0.2) is 4.99 Å². The molecule has 0 bridgehead atoms. The fraction of sp³-hybridized carbons (Fsp3) is 0.304. The van der Waals surface area contributed by atoms with Gasteiger partial charge in [0.15, 0.2) is 0 Å². The number of hydrogen-bond donors (Lipinski definition) is 2. The van der Waals surface area contributed by atoms with E-state index in [0.717, 1.165) is 19.2 Å². The lowest BCUT2D eigenvalue weighted by atomic mass is 10.0. The number of nitrogens with two attached hydrogens (primary N) is 1. The molecule has 0 aliphatic carbocycles. The van der Waals surface area contributed by atoms with E-state index in [2.05, 4.69) is 20.0 Å². The molecule has 0 radical (unpaired) electrons. The number of piperidine rings is 1. The van der Waals surface area contributed by atoms with Crippen LogP contribution in [0.5, 0.6) is 5.75 Å². The zero-order valence-electron chi connectivity index (χ0n) is 18.5. The Morgan fingerprint density at radius 2 is 1.97 bits per heavy atom. The monoisotopic (exact) mass is 509 g/mol. The number of nitrogens with one attached hydrogen (secondary N) is 1. The topological polar surface area (TPSA) is 109 Å². The number of likely N-dealkylation sites (tertiary alicyclic amines) is 1. The fourth-order valence-electron chi connectivity index (χ4n) is 3.74. The summed E-state index contributed by atoms with van der Waals surface area (Å²) in [5.74, 6) is -1.11. The second-order valence-corrected chi connectivity index (χ2v) is 7.99. The molecule has 35 heavy (non-hydrogen) atoms. The lowest BCUT2D eigenvalue weighted by Gasteiger charge is -2.34. The van der Waals surface area contributed by atoms with E-state index >= 15 is 0 Å². The van der Waals surface area contributed by atoms with Gasteiger partial charge in [-0.05, 0) is 37.5 Å². The van der Waals surface area contributed by atoms with E-state index in [1.54, 1.807) is 6.07 Å². The Balaban J connectivity index is 1.75. The van der Waals surface area contributed by atoms with E-state index in [0.29, 0.717) is 24.2 Å². The first-order valence-electron chi connectivity index (χ1n) is 10.7. The van der Waals surface area contributed by atoms with E-state index in [1.807, 2.05) is 0 Å². The van der Waals surface area contributed by atoms with Crippen LogP contribution in [-0.4, -0.2) is 54.9 Å². The molecular weight excluding hydrogens is 487 g/mol. The molecule has 1 saturated heterocycles. The highest BCUT2D eigenvalue weighted by atomic mass is 35.5. The summed E-state index contributed by atoms with van der Waals surface area (Å²) in [6.45, 7) is 0.253. The first-order chi connectivity index (χ1) is 16.7. The summed E-state index contributed by atoms with van der Waals surface area (Å²) < 4.78 is 42.4. The smallest absolute Gasteiger partial charge is 0.405 e. The number of nitrogens with zero attached hydrogens (tertiary/aromatic N) is 3. The van der Waals surface area contributed by atoms with Crippen LogP contribution in [0.15, 0.2) is 52.4 Å². The first-order valence-corrected chi connectivity index (χ1v) is 11.0. The number of anilines is 1. The number of carbonyl (C=O) groups is 2. The van der Waals surface area contributed by atoms with Crippen LogP contribution >= 0.6 is 11.6 Å². The molecule has 186 valence electrons. The minimum atomic E-state index is -4.86. The Labute approximate surface area is 204 Å². The number of aliphatic imine (C=N–C) groups is 2. The molecular formula is C23H23ClF3N5O3. The van der Waals surface area contributed by atoms with E-state index < -0.39 is 24.1 Å². The van der Waals surface area contributed by atoms with Crippen molar-refractivity contribution in [3.63, 3.8) is 0 Å². The number of para-hydroxylation sites is 1. The van der Waals surface area contributed by atoms with Gasteiger partial charge in [0, 0.05) is 23.4 Å². The molecule has 1 heterocycles. The number of carbonyl (C=O) groups excluding carboxylic acids is 2. The Bertz CT molecular complexity index is 1120. The number of ether oxygens (including phenoxy) is 1. The van der Waals surface area contributed by atoms with Crippen LogP contribution in [0.3, 0.4) is 0 Å². The van der Waals surface area contributed by atoms with Crippen molar-refractivity contribution in [1.82, 2.24) is 4.90 Å². The fourth-order valence-corrected chi connectivity index (χ4v) is 4.02. The van der Waals surface area contributed by atoms with Gasteiger partial charge in [-0.2, -0.15) is 0 Å². The summed E-state index contributed by atoms with van der Waals surface area (Å²) in [6, 6.07) is 9.38. The third kappa shape index (κ3) is 7.19. The molecule has 2 amide bonds. The molecule has 12 heteroatoms. The molecule has 1 atom stereocenters. The molecule has 1 aliphatic rings. The van der Waals surface area contributed by atoms with Crippen molar-refractivity contribution in [2.45, 2.75) is 31.7 Å². The van der Waals surface area contributed by atoms with Gasteiger partial charge < -0.3 is 20.7 Å². The number of hydrogen-bond acceptors (Lipinski definition) is 4. The largest absolute Gasteiger partial charge is 0.573 e. The van der Waals surface area contributed by atoms with E-state index in [4.69, 9.17) is 17.3 Å². The van der Waals surface area contributed by atoms with Crippen LogP contribution in [-0.2, 0) is 9.59 Å². The van der Waals surface area contributed by atoms with Crippen LogP contribution in [0.1, 0.15) is 19.3 Å². The van der Waals surface area contributed by atoms with E-state index in [-0.39, 0.29) is 23.0 Å². The van der Waals surface area contributed by atoms with Gasteiger partial charge in [0.2, 0.25) is 11.8 Å². The number of alkyl halides is 3. The molecule has 3 rings (SSSR count). The van der Waals surface area contributed by atoms with Gasteiger partial charge in [-0.15, -0.1) is 13.2 Å². The molecule has 1 aliphatic heterocycles. The van der Waals surface area contributed by atoms with Crippen molar-refractivity contribution in [3.05, 3.63) is 47.5 Å². The maximum absolute atomic E-state index is 13.0. The van der Waals surface area contributed by atoms with Gasteiger partial charge in [-0.1, -0.05) is 35.9 Å². The molecule has 2 aromatic carbocycles. The molecule has 0 spiro atoms. The SMILES string of the molecule is NC=NC=NCC(=O)N1CCCC[C@@H]1C(=O)Nc1ccc(-c2ccccc2OC(F)(F)F)c(Cl)c1. The highest BCUT2D eigenvalue weighted by Gasteiger charge is 2.33. The molecule has 3 N–H and O–H groups in total. The lowest BCUT2D eigenvalue weighted by molar-refractivity contribution is -0.274. The Morgan fingerprint density at radius 1 is 1.20 bits per heavy atom. The highest BCUT2D eigenvalue weighted by Crippen LogP contribution is 2.38. The summed E-state index contributed by atoms with van der Waals surface area (Å²) in [7, 11) is 0. The van der Waals surface area contributed by atoms with Crippen LogP contribution in [0.2, 0.25) is 5.02 Å². The van der Waals surface area contributed by atoms with Crippen LogP contribution in [0.4, 0.5) is 18.9 Å². The summed E-state index contributed by atoms with van der Waals surface area (Å²) in [6.07, 6.45) is -0.626. The molecule has 1 fully saturated rings. The third-order valence-corrected chi connectivity index (χ3v) is 5.54. The summed E-state index contributed by atoms with van der Waals surface area (Å²) >= 11 is 6.35. The number of amides is 2. The normalized spacial score (nSPS) is 16.6. The lowest BCUT2D eigenvalue weighted by Crippen LogP contribution is -2.50. The molecule has 0 aromatic heterocycles. The standard InChI is InChI=1S/C23H23ClF3N5O3/c24-18-11-15(8-9-16(18)17-5-1-2-7-20(17)35-23(25,26)27)31-22(34)19-6-3-4-10-32(19)21(33)12-29-14-30-13-28/h1-2,5,7-9,11,13-14,19H,3-4,6,10,12H2,(H,31,34)(H2,28,29,30)/t19-/m1/s1. The Morgan fingerprint density at radius 3 is 2.69 bits per heavy atom. The third-order valence-electron chi connectivity index (χ3n) is 5.23. The van der Waals surface area contributed by atoms with Gasteiger partial charge in [0.1, 0.15) is 24.7 Å². The average Bonchev–Trinajstić information content (AvgIpc) is 2.81. The van der Waals surface area contributed by atoms with Gasteiger partial charge in [0.05, 0.1) is 11.4 Å².